The van der Waals surface area contributed by atoms with Crippen LogP contribution in [0.15, 0.2) is 143 Å². The molecular weight excluding hydrogens is 693 g/mol. The van der Waals surface area contributed by atoms with Crippen LogP contribution in [0.2, 0.25) is 0 Å². The molecule has 264 valence electrons. The number of ether oxygens (including phenoxy) is 3. The Bertz CT molecular complexity index is 2030. The van der Waals surface area contributed by atoms with E-state index in [0.717, 1.165) is 33.6 Å². The van der Waals surface area contributed by atoms with Gasteiger partial charge in [-0.15, -0.1) is 11.8 Å². The van der Waals surface area contributed by atoms with Crippen LogP contribution in [0.25, 0.3) is 0 Å². The highest BCUT2D eigenvalue weighted by Gasteiger charge is 2.50. The Labute approximate surface area is 299 Å². The summed E-state index contributed by atoms with van der Waals surface area (Å²) in [5, 5.41) is -0.751. The molecule has 1 aliphatic heterocycles. The lowest BCUT2D eigenvalue weighted by Gasteiger charge is -2.37. The van der Waals surface area contributed by atoms with Gasteiger partial charge in [-0.1, -0.05) is 109 Å². The van der Waals surface area contributed by atoms with Crippen LogP contribution in [0.4, 0.5) is 0 Å². The molecule has 0 radical (unpaired) electrons. The van der Waals surface area contributed by atoms with Gasteiger partial charge in [0.05, 0.1) is 29.8 Å². The zero-order valence-corrected chi connectivity index (χ0v) is 29.2. The Morgan fingerprint density at radius 1 is 0.824 bits per heavy atom. The summed E-state index contributed by atoms with van der Waals surface area (Å²) < 4.78 is 51.1. The molecule has 1 aromatic heterocycles. The maximum Gasteiger partial charge on any atom is 0.338 e. The van der Waals surface area contributed by atoms with Crippen molar-refractivity contribution in [2.24, 2.45) is 0 Å². The standard InChI is InChI=1S/C38H36N2O9S2/c1-51(44,45)49-33-34(50-25-24-46-36(42)27-14-6-2-7-15-27)31(48-35(33)40-23-22-32(41)39-37(40)43)26-47-38(28-16-8-3-9-17-28,29-18-10-4-11-19-29)30-20-12-5-13-21-30/h2-23,31,33-35H,24-26H2,1H3,(H,39,41,43)/t31-,33+,34-,35-/m1/s1. The molecule has 1 aliphatic rings. The first-order valence-corrected chi connectivity index (χ1v) is 19.0. The van der Waals surface area contributed by atoms with E-state index in [9.17, 15) is 22.8 Å². The number of hydrogen-bond acceptors (Lipinski definition) is 10. The van der Waals surface area contributed by atoms with Gasteiger partial charge in [0.15, 0.2) is 6.23 Å². The molecule has 13 heteroatoms. The molecule has 0 saturated carbocycles. The predicted molar refractivity (Wildman–Crippen MR) is 193 cm³/mol. The van der Waals surface area contributed by atoms with Gasteiger partial charge in [-0.05, 0) is 28.8 Å². The number of nitrogens with zero attached hydrogens (tertiary/aromatic N) is 1. The number of aromatic nitrogens is 2. The van der Waals surface area contributed by atoms with Crippen LogP contribution < -0.4 is 11.2 Å². The molecule has 11 nitrogen and oxygen atoms in total. The van der Waals surface area contributed by atoms with E-state index >= 15 is 0 Å². The zero-order chi connectivity index (χ0) is 35.8. The predicted octanol–water partition coefficient (Wildman–Crippen LogP) is 4.75. The van der Waals surface area contributed by atoms with Crippen molar-refractivity contribution in [3.05, 3.63) is 177 Å². The molecule has 0 spiro atoms. The third-order valence-corrected chi connectivity index (χ3v) is 10.3. The van der Waals surface area contributed by atoms with Gasteiger partial charge in [0.1, 0.15) is 18.3 Å². The number of thioether (sulfide) groups is 1. The van der Waals surface area contributed by atoms with Gasteiger partial charge in [-0.25, -0.2) is 9.59 Å². The highest BCUT2D eigenvalue weighted by Crippen LogP contribution is 2.44. The molecule has 6 rings (SSSR count). The number of nitrogens with one attached hydrogen (secondary N) is 1. The summed E-state index contributed by atoms with van der Waals surface area (Å²) in [6.07, 6.45) is -1.20. The van der Waals surface area contributed by atoms with E-state index < -0.39 is 56.6 Å². The van der Waals surface area contributed by atoms with E-state index in [1.165, 1.54) is 18.0 Å². The van der Waals surface area contributed by atoms with Gasteiger partial charge >= 0.3 is 11.7 Å². The molecule has 4 atom stereocenters. The molecule has 51 heavy (non-hydrogen) atoms. The Hall–Kier alpha value is -4.79. The van der Waals surface area contributed by atoms with Crippen LogP contribution in [-0.4, -0.2) is 66.6 Å². The molecule has 0 aliphatic carbocycles. The van der Waals surface area contributed by atoms with Crippen molar-refractivity contribution < 1.29 is 31.6 Å². The zero-order valence-electron chi connectivity index (χ0n) is 27.6. The van der Waals surface area contributed by atoms with Crippen LogP contribution in [0.3, 0.4) is 0 Å². The lowest BCUT2D eigenvalue weighted by Crippen LogP contribution is -2.40. The van der Waals surface area contributed by atoms with E-state index in [4.69, 9.17) is 18.4 Å². The lowest BCUT2D eigenvalue weighted by molar-refractivity contribution is -0.0848. The van der Waals surface area contributed by atoms with Gasteiger partial charge in [0.2, 0.25) is 0 Å². The van der Waals surface area contributed by atoms with E-state index in [-0.39, 0.29) is 19.0 Å². The minimum absolute atomic E-state index is 0.000673. The number of aromatic amines is 1. The van der Waals surface area contributed by atoms with E-state index in [1.54, 1.807) is 30.3 Å². The third-order valence-electron chi connectivity index (χ3n) is 8.34. The van der Waals surface area contributed by atoms with Crippen molar-refractivity contribution in [2.75, 3.05) is 25.2 Å². The quantitative estimate of drug-likeness (QED) is 0.0737. The molecule has 0 amide bonds. The first kappa shape index (κ1) is 36.0. The Morgan fingerprint density at radius 3 is 1.86 bits per heavy atom. The number of benzene rings is 4. The second-order valence-electron chi connectivity index (χ2n) is 11.8. The van der Waals surface area contributed by atoms with E-state index in [2.05, 4.69) is 4.98 Å². The molecule has 4 aromatic carbocycles. The van der Waals surface area contributed by atoms with Gasteiger partial charge < -0.3 is 14.2 Å². The summed E-state index contributed by atoms with van der Waals surface area (Å²) in [5.41, 5.74) is 0.364. The minimum Gasteiger partial charge on any atom is -0.461 e. The molecule has 5 aromatic rings. The van der Waals surface area contributed by atoms with Crippen LogP contribution in [-0.2, 0) is 34.1 Å². The highest BCUT2D eigenvalue weighted by atomic mass is 32.2. The second-order valence-corrected chi connectivity index (χ2v) is 14.7. The summed E-state index contributed by atoms with van der Waals surface area (Å²) in [7, 11) is -4.08. The van der Waals surface area contributed by atoms with Gasteiger partial charge in [0.25, 0.3) is 15.7 Å². The maximum atomic E-state index is 13.0. The number of carbonyl (C=O) groups excluding carboxylic acids is 1. The van der Waals surface area contributed by atoms with Crippen molar-refractivity contribution in [1.29, 1.82) is 0 Å². The fourth-order valence-corrected chi connectivity index (χ4v) is 8.03. The van der Waals surface area contributed by atoms with Gasteiger partial charge in [-0.2, -0.15) is 8.42 Å². The summed E-state index contributed by atoms with van der Waals surface area (Å²) in [6, 6.07) is 38.8. The van der Waals surface area contributed by atoms with Crippen molar-refractivity contribution >= 4 is 27.8 Å². The Morgan fingerprint density at radius 2 is 1.35 bits per heavy atom. The number of carbonyl (C=O) groups is 1. The van der Waals surface area contributed by atoms with Crippen LogP contribution in [0, 0.1) is 0 Å². The normalized spacial score (nSPS) is 19.1. The first-order valence-electron chi connectivity index (χ1n) is 16.2. The molecule has 1 fully saturated rings. The fraction of sp³-hybridized carbons (Fsp3) is 0.237. The van der Waals surface area contributed by atoms with Gasteiger partial charge in [0, 0.05) is 18.0 Å². The summed E-state index contributed by atoms with van der Waals surface area (Å²) in [4.78, 5) is 39.8. The van der Waals surface area contributed by atoms with E-state index in [1.807, 2.05) is 91.0 Å². The number of hydrogen-bond donors (Lipinski definition) is 1. The fourth-order valence-electron chi connectivity index (χ4n) is 6.15. The summed E-state index contributed by atoms with van der Waals surface area (Å²) in [6.45, 7) is -0.0856. The molecule has 0 unspecified atom stereocenters. The number of esters is 1. The average molecular weight is 729 g/mol. The Kier molecular flexibility index (Phi) is 11.3. The monoisotopic (exact) mass is 728 g/mol. The van der Waals surface area contributed by atoms with Crippen molar-refractivity contribution in [1.82, 2.24) is 9.55 Å². The number of rotatable bonds is 14. The third kappa shape index (κ3) is 8.41. The maximum absolute atomic E-state index is 13.0. The molecule has 2 heterocycles. The van der Waals surface area contributed by atoms with Crippen molar-refractivity contribution in [3.8, 4) is 0 Å². The van der Waals surface area contributed by atoms with Crippen LogP contribution in [0.5, 0.6) is 0 Å². The Balaban J connectivity index is 1.37. The SMILES string of the molecule is CS(=O)(=O)O[C@H]1[C@H](SCCOC(=O)c2ccccc2)[C@@H](COC(c2ccccc2)(c2ccccc2)c2ccccc2)O[C@H]1n1ccc(=O)[nH]c1=O. The largest absolute Gasteiger partial charge is 0.461 e. The molecule has 0 bridgehead atoms. The van der Waals surface area contributed by atoms with Gasteiger partial charge in [-0.3, -0.25) is 18.5 Å². The van der Waals surface area contributed by atoms with Crippen molar-refractivity contribution in [2.45, 2.75) is 29.3 Å². The topological polar surface area (TPSA) is 143 Å². The number of H-pyrrole nitrogens is 1. The van der Waals surface area contributed by atoms with Crippen molar-refractivity contribution in [3.63, 3.8) is 0 Å². The lowest BCUT2D eigenvalue weighted by atomic mass is 9.80. The first-order chi connectivity index (χ1) is 24.7. The molecule has 1 N–H and O–H groups in total. The smallest absolute Gasteiger partial charge is 0.338 e. The summed E-state index contributed by atoms with van der Waals surface area (Å²) in [5.74, 6) is -0.264. The minimum atomic E-state index is -4.08. The molecule has 1 saturated heterocycles. The molecular formula is C38H36N2O9S2. The van der Waals surface area contributed by atoms with Crippen LogP contribution >= 0.6 is 11.8 Å². The summed E-state index contributed by atoms with van der Waals surface area (Å²) >= 11 is 1.26. The average Bonchev–Trinajstić information content (AvgIpc) is 3.46. The van der Waals surface area contributed by atoms with E-state index in [0.29, 0.717) is 5.56 Å². The van der Waals surface area contributed by atoms with Crippen LogP contribution in [0.1, 0.15) is 33.3 Å². The highest BCUT2D eigenvalue weighted by molar-refractivity contribution is 8.00. The second kappa shape index (κ2) is 16.0.